The van der Waals surface area contributed by atoms with Crippen LogP contribution in [0.25, 0.3) is 28.4 Å². The smallest absolute Gasteiger partial charge is 0.355 e. The third kappa shape index (κ3) is 10.7. The summed E-state index contributed by atoms with van der Waals surface area (Å²) >= 11 is 5.91. The van der Waals surface area contributed by atoms with Crippen LogP contribution >= 0.6 is 31.9 Å². The molecule has 0 radical (unpaired) electrons. The first kappa shape index (κ1) is 58.9. The molecule has 3 amide bonds. The molecular weight excluding hydrogens is 1280 g/mol. The van der Waals surface area contributed by atoms with E-state index in [1.54, 1.807) is 95.3 Å². The number of nitrogens with one attached hydrogen (secondary N) is 1. The largest absolute Gasteiger partial charge is 0.417 e. The second-order valence-electron chi connectivity index (χ2n) is 21.5. The molecule has 1 N–H and O–H groups in total. The summed E-state index contributed by atoms with van der Waals surface area (Å²) in [5.74, 6) is 4.64. The van der Waals surface area contributed by atoms with Gasteiger partial charge < -0.3 is 15.1 Å². The summed E-state index contributed by atoms with van der Waals surface area (Å²) in [4.78, 5) is 74.8. The molecule has 0 saturated heterocycles. The van der Waals surface area contributed by atoms with Gasteiger partial charge in [0.1, 0.15) is 11.3 Å². The average molecular weight is 1330 g/mol. The number of carbonyl (C=O) groups is 3. The van der Waals surface area contributed by atoms with E-state index < -0.39 is 52.9 Å². The minimum atomic E-state index is -4.73. The van der Waals surface area contributed by atoms with Gasteiger partial charge in [-0.15, -0.1) is 5.10 Å². The van der Waals surface area contributed by atoms with Gasteiger partial charge in [0.25, 0.3) is 28.8 Å². The molecule has 0 aliphatic carbocycles. The van der Waals surface area contributed by atoms with Crippen molar-refractivity contribution in [2.75, 3.05) is 7.05 Å². The number of aromatic nitrogens is 9. The summed E-state index contributed by atoms with van der Waals surface area (Å²) in [5, 5.41) is 21.4. The summed E-state index contributed by atoms with van der Waals surface area (Å²) in [6.45, 7) is 4.94. The van der Waals surface area contributed by atoms with Crippen molar-refractivity contribution in [2.45, 2.75) is 84.0 Å². The number of alkyl halides is 6. The highest BCUT2D eigenvalue weighted by Crippen LogP contribution is 2.38. The molecule has 10 aromatic rings. The summed E-state index contributed by atoms with van der Waals surface area (Å²) in [6, 6.07) is 28.4. The molecule has 17 nitrogen and oxygen atoms in total. The third-order valence-electron chi connectivity index (χ3n) is 15.9. The van der Waals surface area contributed by atoms with E-state index in [2.05, 4.69) is 54.1 Å². The maximum absolute atomic E-state index is 15.0. The van der Waals surface area contributed by atoms with Crippen LogP contribution in [0.4, 0.5) is 26.3 Å². The van der Waals surface area contributed by atoms with Gasteiger partial charge in [0, 0.05) is 79.9 Å². The molecule has 0 bridgehead atoms. The standard InChI is InChI=1S/C63H48Br2F6N12O5/c1-34-25-46-53(32-77(34)58(85)39-15-23-50(64)48(28-39)62(66,67)68)81-56(79(60(46)87)43-17-13-38(14-18-43)55(84)72-4)41(30-73-81)11-8-12-52-36(3)75-83(76-52)45-21-19-44(20-22-45)80-57-42(27-37-9-6-5-7-10-37)31-74-82(57)54-33-78(35(2)26-47(54)61(80)88)59(86)40-16-24-51(65)49(29-40)63(69,70)71/h5-7,9-10,13-24,28-31,34-35H,11,25-27,32-33H2,1-4H3,(H,72,84)/t34-,35-/m1/s1. The van der Waals surface area contributed by atoms with Crippen molar-refractivity contribution in [3.05, 3.63) is 236 Å². The summed E-state index contributed by atoms with van der Waals surface area (Å²) in [6.07, 6.45) is -5.66. The van der Waals surface area contributed by atoms with E-state index in [4.69, 9.17) is 15.3 Å². The maximum atomic E-state index is 15.0. The molecule has 2 atom stereocenters. The molecule has 12 rings (SSSR count). The molecular formula is C63H48Br2F6N12O5. The van der Waals surface area contributed by atoms with Crippen LogP contribution in [0.5, 0.6) is 0 Å². The Kier molecular flexibility index (Phi) is 15.2. The van der Waals surface area contributed by atoms with Gasteiger partial charge in [-0.05, 0) is 130 Å². The monoisotopic (exact) mass is 1320 g/mol. The Labute approximate surface area is 513 Å². The van der Waals surface area contributed by atoms with Crippen molar-refractivity contribution in [3.63, 3.8) is 0 Å². The fourth-order valence-electron chi connectivity index (χ4n) is 11.4. The maximum Gasteiger partial charge on any atom is 0.417 e. The lowest BCUT2D eigenvalue weighted by Crippen LogP contribution is -2.46. The second kappa shape index (κ2) is 22.7. The van der Waals surface area contributed by atoms with Gasteiger partial charge in [-0.3, -0.25) is 33.1 Å². The molecule has 5 aromatic carbocycles. The Morgan fingerprint density at radius 1 is 0.625 bits per heavy atom. The number of rotatable bonds is 9. The Hall–Kier alpha value is -9.41. The Balaban J connectivity index is 0.863. The minimum absolute atomic E-state index is 0.0309. The first-order chi connectivity index (χ1) is 42.0. The zero-order valence-electron chi connectivity index (χ0n) is 47.0. The predicted octanol–water partition coefficient (Wildman–Crippen LogP) is 10.5. The molecule has 2 aliphatic heterocycles. The lowest BCUT2D eigenvalue weighted by Gasteiger charge is -2.35. The molecule has 5 aromatic heterocycles. The number of aryl methyl sites for hydroxylation is 1. The van der Waals surface area contributed by atoms with Crippen LogP contribution in [0.3, 0.4) is 0 Å². The van der Waals surface area contributed by atoms with Gasteiger partial charge in [-0.2, -0.15) is 46.4 Å². The van der Waals surface area contributed by atoms with Crippen LogP contribution < -0.4 is 16.4 Å². The Bertz CT molecular complexity index is 4690. The van der Waals surface area contributed by atoms with Crippen molar-refractivity contribution >= 4 is 60.9 Å². The van der Waals surface area contributed by atoms with Gasteiger partial charge in [0.05, 0.1) is 70.8 Å². The van der Waals surface area contributed by atoms with Crippen LogP contribution in [0.2, 0.25) is 0 Å². The molecule has 0 spiro atoms. The lowest BCUT2D eigenvalue weighted by molar-refractivity contribution is -0.139. The molecule has 0 fully saturated rings. The Morgan fingerprint density at radius 2 is 1.09 bits per heavy atom. The number of hydrogen-bond donors (Lipinski definition) is 1. The predicted molar refractivity (Wildman–Crippen MR) is 319 cm³/mol. The first-order valence-electron chi connectivity index (χ1n) is 27.5. The summed E-state index contributed by atoms with van der Waals surface area (Å²) in [7, 11) is 1.50. The Morgan fingerprint density at radius 3 is 1.59 bits per heavy atom. The van der Waals surface area contributed by atoms with Crippen molar-refractivity contribution in [1.82, 2.24) is 58.5 Å². The number of benzene rings is 5. The summed E-state index contributed by atoms with van der Waals surface area (Å²) in [5.41, 5.74) is 3.90. The molecule has 0 saturated carbocycles. The highest BCUT2D eigenvalue weighted by atomic mass is 79.9. The number of fused-ring (bicyclic) bond motifs is 6. The molecule has 88 heavy (non-hydrogen) atoms. The van der Waals surface area contributed by atoms with Crippen molar-refractivity contribution in [1.29, 1.82) is 0 Å². The zero-order valence-corrected chi connectivity index (χ0v) is 50.2. The van der Waals surface area contributed by atoms with Crippen LogP contribution in [-0.4, -0.2) is 90.0 Å². The van der Waals surface area contributed by atoms with Crippen molar-refractivity contribution < 1.29 is 40.7 Å². The van der Waals surface area contributed by atoms with E-state index in [1.165, 1.54) is 50.5 Å². The molecule has 2 aliphatic rings. The number of hydrogen-bond acceptors (Lipinski definition) is 9. The van der Waals surface area contributed by atoms with Crippen LogP contribution in [0.1, 0.15) is 107 Å². The van der Waals surface area contributed by atoms with E-state index >= 15 is 0 Å². The highest BCUT2D eigenvalue weighted by molar-refractivity contribution is 9.10. The highest BCUT2D eigenvalue weighted by Gasteiger charge is 2.39. The fourth-order valence-corrected chi connectivity index (χ4v) is 12.4. The number of nitrogens with zero attached hydrogens (tertiary/aromatic N) is 11. The molecule has 25 heteroatoms. The third-order valence-corrected chi connectivity index (χ3v) is 17.3. The fraction of sp³-hybridized carbons (Fsp3) is 0.222. The number of amides is 3. The van der Waals surface area contributed by atoms with Gasteiger partial charge in [0.2, 0.25) is 0 Å². The lowest BCUT2D eigenvalue weighted by atomic mass is 9.97. The van der Waals surface area contributed by atoms with Crippen molar-refractivity contribution in [3.8, 4) is 28.9 Å². The van der Waals surface area contributed by atoms with Gasteiger partial charge in [-0.1, -0.05) is 68.1 Å². The van der Waals surface area contributed by atoms with E-state index in [9.17, 15) is 50.3 Å². The molecule has 7 heterocycles. The average Bonchev–Trinajstić information content (AvgIpc) is 1.44. The number of halogens is 8. The van der Waals surface area contributed by atoms with Crippen LogP contribution in [0.15, 0.2) is 146 Å². The minimum Gasteiger partial charge on any atom is -0.355 e. The quantitative estimate of drug-likeness (QED) is 0.109. The second-order valence-corrected chi connectivity index (χ2v) is 23.2. The molecule has 0 unspecified atom stereocenters. The topological polar surface area (TPSA) is 179 Å². The summed E-state index contributed by atoms with van der Waals surface area (Å²) < 4.78 is 89.6. The SMILES string of the molecule is CNC(=O)c1ccc(-n2c(=O)c3c(n4ncc(CC#Cc5nn(-c6ccc(-n7c(=O)c8c(n9ncc(Cc%10ccccc%10)c79)CN(C(=O)c7ccc(Br)c(C(F)(F)F)c7)[C@H](C)C8)cc6)nc5C)c24)CN(C(=O)c2ccc(Br)c(C(F)(F)F)c2)[C@H](C)C3)cc1. The number of carbonyl (C=O) groups excluding carboxylic acids is 3. The zero-order chi connectivity index (χ0) is 62.2. The van der Waals surface area contributed by atoms with Gasteiger partial charge >= 0.3 is 12.4 Å². The van der Waals surface area contributed by atoms with E-state index in [-0.39, 0.29) is 63.9 Å². The van der Waals surface area contributed by atoms with Crippen LogP contribution in [-0.2, 0) is 51.1 Å². The van der Waals surface area contributed by atoms with E-state index in [1.807, 2.05) is 30.3 Å². The molecule has 446 valence electrons. The van der Waals surface area contributed by atoms with Gasteiger partial charge in [0.15, 0.2) is 5.69 Å². The van der Waals surface area contributed by atoms with Crippen LogP contribution in [0, 0.1) is 18.8 Å². The normalized spacial score (nSPS) is 15.0. The van der Waals surface area contributed by atoms with Crippen molar-refractivity contribution in [2.24, 2.45) is 0 Å². The van der Waals surface area contributed by atoms with Gasteiger partial charge in [-0.25, -0.2) is 9.03 Å². The van der Waals surface area contributed by atoms with E-state index in [0.717, 1.165) is 17.7 Å². The first-order valence-corrected chi connectivity index (χ1v) is 29.1. The van der Waals surface area contributed by atoms with E-state index in [0.29, 0.717) is 85.4 Å².